The highest BCUT2D eigenvalue weighted by molar-refractivity contribution is 5.58. The molecule has 19 heavy (non-hydrogen) atoms. The van der Waals surface area contributed by atoms with Gasteiger partial charge in [0.05, 0.1) is 11.3 Å². The molecule has 0 aliphatic heterocycles. The molecule has 0 aromatic heterocycles. The van der Waals surface area contributed by atoms with Gasteiger partial charge < -0.3 is 4.90 Å². The van der Waals surface area contributed by atoms with Gasteiger partial charge in [-0.1, -0.05) is 18.2 Å². The van der Waals surface area contributed by atoms with E-state index in [1.165, 1.54) is 12.1 Å². The molecule has 0 aliphatic rings. The molecule has 2 nitrogen and oxygen atoms in total. The first-order valence-electron chi connectivity index (χ1n) is 5.76. The number of para-hydroxylation sites is 1. The summed E-state index contributed by atoms with van der Waals surface area (Å²) >= 11 is 0. The van der Waals surface area contributed by atoms with Gasteiger partial charge in [0.25, 0.3) is 0 Å². The number of hydrogen-bond acceptors (Lipinski definition) is 2. The van der Waals surface area contributed by atoms with Crippen LogP contribution in [0.15, 0.2) is 42.5 Å². The summed E-state index contributed by atoms with van der Waals surface area (Å²) < 4.78 is 26.0. The first-order valence-corrected chi connectivity index (χ1v) is 5.76. The molecule has 0 radical (unpaired) electrons. The first-order chi connectivity index (χ1) is 9.11. The minimum absolute atomic E-state index is 0.399. The zero-order chi connectivity index (χ0) is 13.8. The van der Waals surface area contributed by atoms with E-state index in [0.29, 0.717) is 17.7 Å². The topological polar surface area (TPSA) is 27.0 Å². The fourth-order valence-corrected chi connectivity index (χ4v) is 1.90. The van der Waals surface area contributed by atoms with Crippen molar-refractivity contribution in [3.05, 3.63) is 65.2 Å². The van der Waals surface area contributed by atoms with Gasteiger partial charge in [-0.25, -0.2) is 8.78 Å². The molecule has 0 unspecified atom stereocenters. The third-order valence-electron chi connectivity index (χ3n) is 2.84. The van der Waals surface area contributed by atoms with Crippen LogP contribution in [0.25, 0.3) is 0 Å². The number of nitrogens with zero attached hydrogens (tertiary/aromatic N) is 2. The molecule has 0 saturated carbocycles. The summed E-state index contributed by atoms with van der Waals surface area (Å²) in [6, 6.07) is 13.1. The van der Waals surface area contributed by atoms with Gasteiger partial charge in [0.2, 0.25) is 0 Å². The Morgan fingerprint density at radius 2 is 1.84 bits per heavy atom. The molecule has 0 atom stereocenters. The van der Waals surface area contributed by atoms with E-state index in [4.69, 9.17) is 5.26 Å². The van der Waals surface area contributed by atoms with Crippen LogP contribution in [0.1, 0.15) is 11.1 Å². The Kier molecular flexibility index (Phi) is 3.76. The van der Waals surface area contributed by atoms with E-state index >= 15 is 0 Å². The van der Waals surface area contributed by atoms with Crippen molar-refractivity contribution in [3.8, 4) is 6.07 Å². The summed E-state index contributed by atoms with van der Waals surface area (Å²) in [5, 5.41) is 9.03. The molecule has 0 aliphatic carbocycles. The van der Waals surface area contributed by atoms with Crippen LogP contribution in [0, 0.1) is 23.0 Å². The number of anilines is 1. The molecule has 0 amide bonds. The average molecular weight is 258 g/mol. The Bertz CT molecular complexity index is 632. The molecular weight excluding hydrogens is 246 g/mol. The van der Waals surface area contributed by atoms with Crippen molar-refractivity contribution in [3.63, 3.8) is 0 Å². The molecule has 0 heterocycles. The Balaban J connectivity index is 2.23. The van der Waals surface area contributed by atoms with E-state index in [1.807, 2.05) is 17.0 Å². The Labute approximate surface area is 110 Å². The maximum absolute atomic E-state index is 13.1. The standard InChI is InChI=1S/C15H12F2N2/c1-19(15-5-3-2-4-12(15)9-18)10-11-6-7-13(16)14(17)8-11/h2-8H,10H2,1H3. The van der Waals surface area contributed by atoms with E-state index < -0.39 is 11.6 Å². The maximum Gasteiger partial charge on any atom is 0.159 e. The van der Waals surface area contributed by atoms with Gasteiger partial charge in [-0.2, -0.15) is 5.26 Å². The third kappa shape index (κ3) is 2.89. The quantitative estimate of drug-likeness (QED) is 0.842. The van der Waals surface area contributed by atoms with Crippen molar-refractivity contribution < 1.29 is 8.78 Å². The Morgan fingerprint density at radius 3 is 2.53 bits per heavy atom. The molecule has 4 heteroatoms. The van der Waals surface area contributed by atoms with Crippen LogP contribution in [-0.2, 0) is 6.54 Å². The van der Waals surface area contributed by atoms with Crippen LogP contribution in [0.5, 0.6) is 0 Å². The lowest BCUT2D eigenvalue weighted by Gasteiger charge is -2.20. The summed E-state index contributed by atoms with van der Waals surface area (Å²) in [7, 11) is 1.80. The normalized spacial score (nSPS) is 10.0. The minimum Gasteiger partial charge on any atom is -0.369 e. The summed E-state index contributed by atoms with van der Waals surface area (Å²) in [4.78, 5) is 1.82. The number of rotatable bonds is 3. The van der Waals surface area contributed by atoms with Crippen LogP contribution in [0.4, 0.5) is 14.5 Å². The second kappa shape index (κ2) is 5.49. The van der Waals surface area contributed by atoms with Crippen molar-refractivity contribution in [2.45, 2.75) is 6.54 Å². The van der Waals surface area contributed by atoms with E-state index in [9.17, 15) is 8.78 Å². The predicted octanol–water partition coefficient (Wildman–Crippen LogP) is 3.47. The fourth-order valence-electron chi connectivity index (χ4n) is 1.90. The van der Waals surface area contributed by atoms with E-state index in [0.717, 1.165) is 11.8 Å². The van der Waals surface area contributed by atoms with Gasteiger partial charge in [0, 0.05) is 13.6 Å². The SMILES string of the molecule is CN(Cc1ccc(F)c(F)c1)c1ccccc1C#N. The van der Waals surface area contributed by atoms with Gasteiger partial charge >= 0.3 is 0 Å². The van der Waals surface area contributed by atoms with Crippen LogP contribution in [0.3, 0.4) is 0 Å². The lowest BCUT2D eigenvalue weighted by Crippen LogP contribution is -2.17. The highest BCUT2D eigenvalue weighted by atomic mass is 19.2. The van der Waals surface area contributed by atoms with Crippen LogP contribution in [0.2, 0.25) is 0 Å². The number of nitriles is 1. The first kappa shape index (κ1) is 13.0. The second-order valence-electron chi connectivity index (χ2n) is 4.23. The van der Waals surface area contributed by atoms with Crippen molar-refractivity contribution >= 4 is 5.69 Å². The Hall–Kier alpha value is -2.41. The van der Waals surface area contributed by atoms with E-state index in [-0.39, 0.29) is 0 Å². The summed E-state index contributed by atoms with van der Waals surface area (Å²) in [6.45, 7) is 0.399. The summed E-state index contributed by atoms with van der Waals surface area (Å²) in [5.41, 5.74) is 1.96. The van der Waals surface area contributed by atoms with Crippen molar-refractivity contribution in [2.75, 3.05) is 11.9 Å². The molecular formula is C15H12F2N2. The highest BCUT2D eigenvalue weighted by Crippen LogP contribution is 2.20. The van der Waals surface area contributed by atoms with Gasteiger partial charge in [0.15, 0.2) is 11.6 Å². The monoisotopic (exact) mass is 258 g/mol. The summed E-state index contributed by atoms with van der Waals surface area (Å²) in [6.07, 6.45) is 0. The average Bonchev–Trinajstić information content (AvgIpc) is 2.43. The lowest BCUT2D eigenvalue weighted by molar-refractivity contribution is 0.507. The predicted molar refractivity (Wildman–Crippen MR) is 69.6 cm³/mol. The largest absolute Gasteiger partial charge is 0.369 e. The number of halogens is 2. The molecule has 96 valence electrons. The molecule has 0 spiro atoms. The van der Waals surface area contributed by atoms with Gasteiger partial charge in [-0.15, -0.1) is 0 Å². The van der Waals surface area contributed by atoms with Gasteiger partial charge in [-0.05, 0) is 29.8 Å². The van der Waals surface area contributed by atoms with Crippen molar-refractivity contribution in [1.29, 1.82) is 5.26 Å². The number of hydrogen-bond donors (Lipinski definition) is 0. The third-order valence-corrected chi connectivity index (χ3v) is 2.84. The molecule has 0 fully saturated rings. The van der Waals surface area contributed by atoms with Crippen molar-refractivity contribution in [2.24, 2.45) is 0 Å². The van der Waals surface area contributed by atoms with Gasteiger partial charge in [0.1, 0.15) is 6.07 Å². The highest BCUT2D eigenvalue weighted by Gasteiger charge is 2.09. The zero-order valence-corrected chi connectivity index (χ0v) is 10.4. The lowest BCUT2D eigenvalue weighted by atomic mass is 10.1. The molecule has 2 aromatic carbocycles. The molecule has 0 bridgehead atoms. The molecule has 0 saturated heterocycles. The van der Waals surface area contributed by atoms with E-state index in [2.05, 4.69) is 6.07 Å². The van der Waals surface area contributed by atoms with Crippen LogP contribution in [-0.4, -0.2) is 7.05 Å². The second-order valence-corrected chi connectivity index (χ2v) is 4.23. The van der Waals surface area contributed by atoms with Gasteiger partial charge in [-0.3, -0.25) is 0 Å². The summed E-state index contributed by atoms with van der Waals surface area (Å²) in [5.74, 6) is -1.72. The van der Waals surface area contributed by atoms with Crippen LogP contribution < -0.4 is 4.90 Å². The minimum atomic E-state index is -0.862. The number of benzene rings is 2. The van der Waals surface area contributed by atoms with Crippen LogP contribution >= 0.6 is 0 Å². The molecule has 2 rings (SSSR count). The zero-order valence-electron chi connectivity index (χ0n) is 10.4. The fraction of sp³-hybridized carbons (Fsp3) is 0.133. The smallest absolute Gasteiger partial charge is 0.159 e. The molecule has 2 aromatic rings. The maximum atomic E-state index is 13.1. The van der Waals surface area contributed by atoms with Crippen molar-refractivity contribution in [1.82, 2.24) is 0 Å². The molecule has 0 N–H and O–H groups in total. The Morgan fingerprint density at radius 1 is 1.11 bits per heavy atom. The van der Waals surface area contributed by atoms with E-state index in [1.54, 1.807) is 19.2 Å².